The van der Waals surface area contributed by atoms with Crippen LogP contribution >= 0.6 is 0 Å². The molecule has 2 rings (SSSR count). The zero-order chi connectivity index (χ0) is 18.8. The molecule has 0 bridgehead atoms. The lowest BCUT2D eigenvalue weighted by atomic mass is 9.87. The van der Waals surface area contributed by atoms with Crippen LogP contribution in [0.4, 0.5) is 10.5 Å². The van der Waals surface area contributed by atoms with Crippen LogP contribution in [-0.2, 0) is 15.6 Å². The first kappa shape index (κ1) is 19.7. The Balaban J connectivity index is 1.93. The van der Waals surface area contributed by atoms with Crippen LogP contribution in [0.1, 0.15) is 26.3 Å². The van der Waals surface area contributed by atoms with Crippen molar-refractivity contribution in [3.05, 3.63) is 29.8 Å². The van der Waals surface area contributed by atoms with Gasteiger partial charge in [-0.15, -0.1) is 0 Å². The zero-order valence-electron chi connectivity index (χ0n) is 15.6. The van der Waals surface area contributed by atoms with Crippen molar-refractivity contribution in [3.8, 4) is 0 Å². The second-order valence-electron chi connectivity index (χ2n) is 7.43. The number of urea groups is 1. The molecule has 2 amide bonds. The number of carbonyl (C=O) groups is 1. The second kappa shape index (κ2) is 7.31. The summed E-state index contributed by atoms with van der Waals surface area (Å²) >= 11 is 0. The predicted molar refractivity (Wildman–Crippen MR) is 99.9 cm³/mol. The van der Waals surface area contributed by atoms with E-state index in [4.69, 9.17) is 0 Å². The number of nitrogens with one attached hydrogen (secondary N) is 1. The van der Waals surface area contributed by atoms with Crippen molar-refractivity contribution in [2.75, 3.05) is 45.6 Å². The molecule has 1 aliphatic heterocycles. The van der Waals surface area contributed by atoms with Crippen molar-refractivity contribution >= 4 is 21.9 Å². The summed E-state index contributed by atoms with van der Waals surface area (Å²) in [7, 11) is -0.399. The predicted octanol–water partition coefficient (Wildman–Crippen LogP) is 1.94. The number of amides is 2. The topological polar surface area (TPSA) is 73.0 Å². The van der Waals surface area contributed by atoms with E-state index >= 15 is 0 Å². The maximum absolute atomic E-state index is 12.4. The van der Waals surface area contributed by atoms with Gasteiger partial charge < -0.3 is 10.2 Å². The quantitative estimate of drug-likeness (QED) is 0.886. The van der Waals surface area contributed by atoms with Crippen LogP contribution < -0.4 is 5.32 Å². The lowest BCUT2D eigenvalue weighted by Crippen LogP contribution is -2.53. The van der Waals surface area contributed by atoms with Crippen LogP contribution in [-0.4, -0.2) is 68.2 Å². The van der Waals surface area contributed by atoms with E-state index in [1.165, 1.54) is 28.3 Å². The summed E-state index contributed by atoms with van der Waals surface area (Å²) in [6, 6.07) is 7.61. The van der Waals surface area contributed by atoms with Gasteiger partial charge in [0.05, 0.1) is 0 Å². The highest BCUT2D eigenvalue weighted by molar-refractivity contribution is 7.86. The molecule has 0 radical (unpaired) electrons. The number of carbonyl (C=O) groups excluding carboxylic acids is 1. The van der Waals surface area contributed by atoms with Gasteiger partial charge in [-0.25, -0.2) is 4.79 Å². The number of rotatable bonds is 3. The standard InChI is InChI=1S/C17H28N4O3S/c1-17(2,3)14-6-8-15(9-7-14)18-16(22)20-10-12-21(13-11-20)25(23,24)19(4)5/h6-9H,10-13H2,1-5H3,(H,18,22). The first-order chi connectivity index (χ1) is 11.5. The van der Waals surface area contributed by atoms with Crippen LogP contribution in [0.15, 0.2) is 24.3 Å². The van der Waals surface area contributed by atoms with Gasteiger partial charge in [-0.1, -0.05) is 32.9 Å². The lowest BCUT2D eigenvalue weighted by molar-refractivity contribution is 0.182. The van der Waals surface area contributed by atoms with Gasteiger partial charge in [0.2, 0.25) is 0 Å². The van der Waals surface area contributed by atoms with Crippen LogP contribution in [0.2, 0.25) is 0 Å². The van der Waals surface area contributed by atoms with E-state index in [0.29, 0.717) is 26.2 Å². The third-order valence-corrected chi connectivity index (χ3v) is 6.26. The highest BCUT2D eigenvalue weighted by Crippen LogP contribution is 2.23. The van der Waals surface area contributed by atoms with E-state index < -0.39 is 10.2 Å². The average molecular weight is 369 g/mol. The number of hydrogen-bond acceptors (Lipinski definition) is 3. The van der Waals surface area contributed by atoms with E-state index in [1.54, 1.807) is 4.90 Å². The molecular formula is C17H28N4O3S. The molecule has 1 aromatic rings. The molecule has 1 aliphatic rings. The van der Waals surface area contributed by atoms with E-state index in [2.05, 4.69) is 26.1 Å². The van der Waals surface area contributed by atoms with Crippen LogP contribution in [0, 0.1) is 0 Å². The van der Waals surface area contributed by atoms with Crippen molar-refractivity contribution in [2.45, 2.75) is 26.2 Å². The van der Waals surface area contributed by atoms with Crippen LogP contribution in [0.25, 0.3) is 0 Å². The first-order valence-corrected chi connectivity index (χ1v) is 9.75. The summed E-state index contributed by atoms with van der Waals surface area (Å²) in [4.78, 5) is 14.0. The maximum Gasteiger partial charge on any atom is 0.321 e. The summed E-state index contributed by atoms with van der Waals surface area (Å²) < 4.78 is 26.8. The van der Waals surface area contributed by atoms with Gasteiger partial charge in [0.1, 0.15) is 0 Å². The van der Waals surface area contributed by atoms with Crippen LogP contribution in [0.3, 0.4) is 0 Å². The third kappa shape index (κ3) is 4.71. The fourth-order valence-electron chi connectivity index (χ4n) is 2.61. The van der Waals surface area contributed by atoms with Crippen molar-refractivity contribution in [1.29, 1.82) is 0 Å². The fraction of sp³-hybridized carbons (Fsp3) is 0.588. The van der Waals surface area contributed by atoms with E-state index in [-0.39, 0.29) is 11.4 Å². The lowest BCUT2D eigenvalue weighted by Gasteiger charge is -2.35. The molecule has 1 heterocycles. The average Bonchev–Trinajstić information content (AvgIpc) is 2.54. The minimum atomic E-state index is -3.42. The van der Waals surface area contributed by atoms with Crippen molar-refractivity contribution < 1.29 is 13.2 Å². The van der Waals surface area contributed by atoms with Gasteiger partial charge >= 0.3 is 6.03 Å². The number of piperazine rings is 1. The monoisotopic (exact) mass is 368 g/mol. The third-order valence-electron chi connectivity index (χ3n) is 4.32. The van der Waals surface area contributed by atoms with E-state index in [0.717, 1.165) is 5.69 Å². The van der Waals surface area contributed by atoms with E-state index in [1.807, 2.05) is 24.3 Å². The van der Waals surface area contributed by atoms with Crippen molar-refractivity contribution in [2.24, 2.45) is 0 Å². The summed E-state index contributed by atoms with van der Waals surface area (Å²) in [6.45, 7) is 7.78. The molecule has 1 fully saturated rings. The summed E-state index contributed by atoms with van der Waals surface area (Å²) in [6.07, 6.45) is 0. The number of nitrogens with zero attached hydrogens (tertiary/aromatic N) is 3. The summed E-state index contributed by atoms with van der Waals surface area (Å²) in [5.74, 6) is 0. The molecule has 1 N–H and O–H groups in total. The molecule has 1 saturated heterocycles. The Hall–Kier alpha value is -1.64. The number of hydrogen-bond donors (Lipinski definition) is 1. The highest BCUT2D eigenvalue weighted by Gasteiger charge is 2.30. The second-order valence-corrected chi connectivity index (χ2v) is 9.58. The molecule has 140 valence electrons. The largest absolute Gasteiger partial charge is 0.322 e. The molecule has 0 saturated carbocycles. The molecular weight excluding hydrogens is 340 g/mol. The molecule has 0 atom stereocenters. The van der Waals surface area contributed by atoms with Gasteiger partial charge in [-0.05, 0) is 23.1 Å². The Morgan fingerprint density at radius 1 is 1.04 bits per heavy atom. The highest BCUT2D eigenvalue weighted by atomic mass is 32.2. The Kier molecular flexibility index (Phi) is 5.75. The molecule has 7 nitrogen and oxygen atoms in total. The molecule has 0 unspecified atom stereocenters. The van der Waals surface area contributed by atoms with Gasteiger partial charge in [0.25, 0.3) is 10.2 Å². The van der Waals surface area contributed by atoms with Gasteiger partial charge in [-0.2, -0.15) is 17.0 Å². The Morgan fingerprint density at radius 2 is 1.56 bits per heavy atom. The minimum Gasteiger partial charge on any atom is -0.322 e. The minimum absolute atomic E-state index is 0.0663. The van der Waals surface area contributed by atoms with Gasteiger partial charge in [-0.3, -0.25) is 0 Å². The normalized spacial score (nSPS) is 17.0. The molecule has 25 heavy (non-hydrogen) atoms. The Morgan fingerprint density at radius 3 is 2.00 bits per heavy atom. The maximum atomic E-state index is 12.4. The number of anilines is 1. The zero-order valence-corrected chi connectivity index (χ0v) is 16.4. The molecule has 0 aromatic heterocycles. The van der Waals surface area contributed by atoms with E-state index in [9.17, 15) is 13.2 Å². The Labute approximate surface area is 150 Å². The van der Waals surface area contributed by atoms with Crippen molar-refractivity contribution in [1.82, 2.24) is 13.5 Å². The molecule has 1 aromatic carbocycles. The summed E-state index contributed by atoms with van der Waals surface area (Å²) in [5, 5.41) is 2.88. The summed E-state index contributed by atoms with van der Waals surface area (Å²) in [5.41, 5.74) is 2.01. The van der Waals surface area contributed by atoms with Gasteiger partial charge in [0.15, 0.2) is 0 Å². The smallest absolute Gasteiger partial charge is 0.321 e. The van der Waals surface area contributed by atoms with Crippen LogP contribution in [0.5, 0.6) is 0 Å². The molecule has 0 spiro atoms. The molecule has 8 heteroatoms. The van der Waals surface area contributed by atoms with Crippen molar-refractivity contribution in [3.63, 3.8) is 0 Å². The molecule has 0 aliphatic carbocycles. The fourth-order valence-corrected chi connectivity index (χ4v) is 3.70. The SMILES string of the molecule is CN(C)S(=O)(=O)N1CCN(C(=O)Nc2ccc(C(C)(C)C)cc2)CC1. The Bertz CT molecular complexity index is 700. The van der Waals surface area contributed by atoms with Gasteiger partial charge in [0, 0.05) is 46.0 Å². The first-order valence-electron chi connectivity index (χ1n) is 8.36. The number of benzene rings is 1.